The number of carbonyl (C=O) groups is 1. The highest BCUT2D eigenvalue weighted by Gasteiger charge is 2.29. The highest BCUT2D eigenvalue weighted by atomic mass is 79.9. The van der Waals surface area contributed by atoms with Crippen molar-refractivity contribution in [2.45, 2.75) is 17.7 Å². The summed E-state index contributed by atoms with van der Waals surface area (Å²) in [7, 11) is 0. The third-order valence-electron chi connectivity index (χ3n) is 2.72. The molecule has 1 aliphatic rings. The summed E-state index contributed by atoms with van der Waals surface area (Å²) in [5.41, 5.74) is 0.668. The fraction of sp³-hybridized carbons (Fsp3) is 0.417. The second kappa shape index (κ2) is 5.85. The first-order chi connectivity index (χ1) is 8.06. The van der Waals surface area contributed by atoms with E-state index in [1.54, 1.807) is 0 Å². The van der Waals surface area contributed by atoms with Gasteiger partial charge in [-0.25, -0.2) is 0 Å². The fourth-order valence-electron chi connectivity index (χ4n) is 1.60. The van der Waals surface area contributed by atoms with E-state index in [4.69, 9.17) is 0 Å². The molecule has 1 atom stereocenters. The standard InChI is InChI=1S/C12H12Br3NO/c13-9-3-8(4-10(14)5-9)12(17)16-6-11(15)7-1-2-7/h3-5,7,11H,1-2,6H2,(H,16,17). The molecule has 1 amide bonds. The first-order valence-electron chi connectivity index (χ1n) is 5.44. The van der Waals surface area contributed by atoms with Crippen molar-refractivity contribution in [3.8, 4) is 0 Å². The molecule has 0 aliphatic heterocycles. The second-order valence-corrected chi connectivity index (χ2v) is 7.23. The number of carbonyl (C=O) groups excluding carboxylic acids is 1. The molecule has 5 heteroatoms. The van der Waals surface area contributed by atoms with Crippen LogP contribution in [-0.2, 0) is 0 Å². The third-order valence-corrected chi connectivity index (χ3v) is 4.70. The molecular weight excluding hydrogens is 414 g/mol. The van der Waals surface area contributed by atoms with Gasteiger partial charge in [0, 0.05) is 25.9 Å². The maximum absolute atomic E-state index is 11.9. The molecule has 1 saturated carbocycles. The van der Waals surface area contributed by atoms with Crippen LogP contribution < -0.4 is 5.32 Å². The van der Waals surface area contributed by atoms with Crippen LogP contribution in [0.3, 0.4) is 0 Å². The van der Waals surface area contributed by atoms with Gasteiger partial charge in [0.25, 0.3) is 5.91 Å². The average molecular weight is 426 g/mol. The van der Waals surface area contributed by atoms with Gasteiger partial charge in [-0.15, -0.1) is 0 Å². The van der Waals surface area contributed by atoms with Crippen LogP contribution in [0.1, 0.15) is 23.2 Å². The summed E-state index contributed by atoms with van der Waals surface area (Å²) in [5.74, 6) is 0.710. The van der Waals surface area contributed by atoms with Crippen LogP contribution in [-0.4, -0.2) is 17.3 Å². The van der Waals surface area contributed by atoms with Crippen molar-refractivity contribution < 1.29 is 4.79 Å². The van der Waals surface area contributed by atoms with Crippen molar-refractivity contribution in [3.63, 3.8) is 0 Å². The Morgan fingerprint density at radius 3 is 2.41 bits per heavy atom. The number of hydrogen-bond donors (Lipinski definition) is 1. The van der Waals surface area contributed by atoms with E-state index in [2.05, 4.69) is 53.1 Å². The summed E-state index contributed by atoms with van der Waals surface area (Å²) in [4.78, 5) is 12.3. The molecule has 0 bridgehead atoms. The van der Waals surface area contributed by atoms with Crippen LogP contribution >= 0.6 is 47.8 Å². The molecule has 1 N–H and O–H groups in total. The van der Waals surface area contributed by atoms with Crippen molar-refractivity contribution >= 4 is 53.7 Å². The normalized spacial score (nSPS) is 16.6. The number of nitrogens with one attached hydrogen (secondary N) is 1. The Hall–Kier alpha value is 0.130. The topological polar surface area (TPSA) is 29.1 Å². The number of benzene rings is 1. The van der Waals surface area contributed by atoms with E-state index in [9.17, 15) is 4.79 Å². The van der Waals surface area contributed by atoms with Gasteiger partial charge in [0.2, 0.25) is 0 Å². The summed E-state index contributed by atoms with van der Waals surface area (Å²) in [5, 5.41) is 2.95. The number of halogens is 3. The lowest BCUT2D eigenvalue weighted by Crippen LogP contribution is -2.30. The van der Waals surface area contributed by atoms with E-state index < -0.39 is 0 Å². The number of hydrogen-bond acceptors (Lipinski definition) is 1. The van der Waals surface area contributed by atoms with E-state index in [1.807, 2.05) is 18.2 Å². The van der Waals surface area contributed by atoms with E-state index >= 15 is 0 Å². The van der Waals surface area contributed by atoms with Crippen LogP contribution in [0, 0.1) is 5.92 Å². The Kier molecular flexibility index (Phi) is 4.66. The van der Waals surface area contributed by atoms with Crippen LogP contribution in [0.2, 0.25) is 0 Å². The maximum atomic E-state index is 11.9. The SMILES string of the molecule is O=C(NCC(Br)C1CC1)c1cc(Br)cc(Br)c1. The average Bonchev–Trinajstić information content (AvgIpc) is 3.07. The van der Waals surface area contributed by atoms with E-state index in [0.717, 1.165) is 14.9 Å². The lowest BCUT2D eigenvalue weighted by atomic mass is 10.2. The third kappa shape index (κ3) is 4.07. The van der Waals surface area contributed by atoms with Crippen LogP contribution in [0.15, 0.2) is 27.1 Å². The summed E-state index contributed by atoms with van der Waals surface area (Å²) < 4.78 is 1.80. The lowest BCUT2D eigenvalue weighted by molar-refractivity contribution is 0.0953. The molecular formula is C12H12Br3NO. The molecule has 1 aliphatic carbocycles. The molecule has 0 saturated heterocycles. The molecule has 2 nitrogen and oxygen atoms in total. The van der Waals surface area contributed by atoms with Gasteiger partial charge in [-0.1, -0.05) is 47.8 Å². The van der Waals surface area contributed by atoms with Gasteiger partial charge < -0.3 is 5.32 Å². The number of alkyl halides is 1. The zero-order valence-corrected chi connectivity index (χ0v) is 13.8. The molecule has 0 aromatic heterocycles. The molecule has 0 heterocycles. The highest BCUT2D eigenvalue weighted by molar-refractivity contribution is 9.11. The second-order valence-electron chi connectivity index (χ2n) is 4.22. The molecule has 92 valence electrons. The zero-order valence-electron chi connectivity index (χ0n) is 9.05. The van der Waals surface area contributed by atoms with Crippen LogP contribution in [0.5, 0.6) is 0 Å². The van der Waals surface area contributed by atoms with Crippen molar-refractivity contribution in [2.75, 3.05) is 6.54 Å². The van der Waals surface area contributed by atoms with Gasteiger partial charge in [0.15, 0.2) is 0 Å². The largest absolute Gasteiger partial charge is 0.351 e. The summed E-state index contributed by atoms with van der Waals surface area (Å²) >= 11 is 10.4. The molecule has 2 rings (SSSR count). The Bertz CT molecular complexity index is 412. The van der Waals surface area contributed by atoms with Crippen molar-refractivity contribution in [1.82, 2.24) is 5.32 Å². The molecule has 1 fully saturated rings. The quantitative estimate of drug-likeness (QED) is 0.722. The molecule has 1 aromatic rings. The predicted octanol–water partition coefficient (Wildman–Crippen LogP) is 4.11. The van der Waals surface area contributed by atoms with E-state index in [-0.39, 0.29) is 5.91 Å². The van der Waals surface area contributed by atoms with Gasteiger partial charge in [-0.2, -0.15) is 0 Å². The lowest BCUT2D eigenvalue weighted by Gasteiger charge is -2.10. The van der Waals surface area contributed by atoms with Crippen molar-refractivity contribution in [3.05, 3.63) is 32.7 Å². The monoisotopic (exact) mass is 423 g/mol. The molecule has 1 aromatic carbocycles. The molecule has 1 unspecified atom stereocenters. The summed E-state index contributed by atoms with van der Waals surface area (Å²) in [6, 6.07) is 5.55. The minimum Gasteiger partial charge on any atom is -0.351 e. The first-order valence-corrected chi connectivity index (χ1v) is 7.95. The minimum atomic E-state index is -0.0305. The van der Waals surface area contributed by atoms with Crippen molar-refractivity contribution in [1.29, 1.82) is 0 Å². The minimum absolute atomic E-state index is 0.0305. The van der Waals surface area contributed by atoms with E-state index in [1.165, 1.54) is 12.8 Å². The number of rotatable bonds is 4. The smallest absolute Gasteiger partial charge is 0.251 e. The Labute approximate surface area is 126 Å². The molecule has 17 heavy (non-hydrogen) atoms. The molecule has 0 spiro atoms. The number of amides is 1. The summed E-state index contributed by atoms with van der Waals surface area (Å²) in [6.07, 6.45) is 2.54. The van der Waals surface area contributed by atoms with Gasteiger partial charge in [-0.3, -0.25) is 4.79 Å². The van der Waals surface area contributed by atoms with Gasteiger partial charge in [-0.05, 0) is 37.0 Å². The Balaban J connectivity index is 1.94. The van der Waals surface area contributed by atoms with Gasteiger partial charge in [0.1, 0.15) is 0 Å². The Morgan fingerprint density at radius 2 is 1.88 bits per heavy atom. The van der Waals surface area contributed by atoms with Gasteiger partial charge in [0.05, 0.1) is 0 Å². The van der Waals surface area contributed by atoms with E-state index in [0.29, 0.717) is 16.9 Å². The summed E-state index contributed by atoms with van der Waals surface area (Å²) in [6.45, 7) is 0.688. The first kappa shape index (κ1) is 13.6. The predicted molar refractivity (Wildman–Crippen MR) is 79.6 cm³/mol. The fourth-order valence-corrected chi connectivity index (χ4v) is 3.59. The maximum Gasteiger partial charge on any atom is 0.251 e. The van der Waals surface area contributed by atoms with Crippen LogP contribution in [0.4, 0.5) is 0 Å². The zero-order chi connectivity index (χ0) is 12.4. The highest BCUT2D eigenvalue weighted by Crippen LogP contribution is 2.36. The van der Waals surface area contributed by atoms with Gasteiger partial charge >= 0.3 is 0 Å². The Morgan fingerprint density at radius 1 is 1.29 bits per heavy atom. The van der Waals surface area contributed by atoms with Crippen LogP contribution in [0.25, 0.3) is 0 Å². The molecule has 0 radical (unpaired) electrons. The van der Waals surface area contributed by atoms with Crippen molar-refractivity contribution in [2.24, 2.45) is 5.92 Å².